The lowest BCUT2D eigenvalue weighted by Gasteiger charge is -2.42. The lowest BCUT2D eigenvalue weighted by molar-refractivity contribution is -0.00343. The number of piperidine rings is 1. The van der Waals surface area contributed by atoms with Crippen molar-refractivity contribution in [3.63, 3.8) is 0 Å². The lowest BCUT2D eigenvalue weighted by atomic mass is 9.96. The molecule has 2 aromatic rings. The van der Waals surface area contributed by atoms with Crippen LogP contribution in [0.3, 0.4) is 0 Å². The molecule has 0 aromatic carbocycles. The predicted molar refractivity (Wildman–Crippen MR) is 107 cm³/mol. The van der Waals surface area contributed by atoms with Crippen molar-refractivity contribution in [2.24, 2.45) is 0 Å². The van der Waals surface area contributed by atoms with E-state index in [1.54, 1.807) is 11.3 Å². The van der Waals surface area contributed by atoms with Crippen LogP contribution in [-0.2, 0) is 11.3 Å². The number of thiophene rings is 1. The SMILES string of the molecule is CN(Cc1nc(-c2ccsc2)no1)C1C[C@H]2CC[C@@H](C1)N2C(=O)OC(C)(C)C. The van der Waals surface area contributed by atoms with E-state index in [2.05, 4.69) is 22.1 Å². The highest BCUT2D eigenvalue weighted by molar-refractivity contribution is 7.08. The number of nitrogens with zero attached hydrogens (tertiary/aromatic N) is 4. The Kier molecular flexibility index (Phi) is 5.18. The molecule has 1 unspecified atom stereocenters. The Morgan fingerprint density at radius 2 is 2.07 bits per heavy atom. The third kappa shape index (κ3) is 4.07. The molecule has 4 heterocycles. The van der Waals surface area contributed by atoms with Crippen molar-refractivity contribution in [2.45, 2.75) is 76.7 Å². The number of rotatable bonds is 4. The van der Waals surface area contributed by atoms with Gasteiger partial charge in [-0.15, -0.1) is 0 Å². The van der Waals surface area contributed by atoms with E-state index < -0.39 is 5.60 Å². The Bertz CT molecular complexity index is 800. The highest BCUT2D eigenvalue weighted by Gasteiger charge is 2.45. The fourth-order valence-corrected chi connectivity index (χ4v) is 4.93. The number of amides is 1. The minimum Gasteiger partial charge on any atom is -0.444 e. The molecule has 0 N–H and O–H groups in total. The van der Waals surface area contributed by atoms with Crippen LogP contribution in [0, 0.1) is 0 Å². The van der Waals surface area contributed by atoms with Gasteiger partial charge in [-0.2, -0.15) is 16.3 Å². The summed E-state index contributed by atoms with van der Waals surface area (Å²) in [5.74, 6) is 1.27. The van der Waals surface area contributed by atoms with E-state index >= 15 is 0 Å². The first-order valence-electron chi connectivity index (χ1n) is 9.87. The van der Waals surface area contributed by atoms with Crippen LogP contribution in [0.5, 0.6) is 0 Å². The van der Waals surface area contributed by atoms with Gasteiger partial charge in [0.2, 0.25) is 11.7 Å². The standard InChI is InChI=1S/C20H28N4O3S/c1-20(2,3)26-19(25)24-14-5-6-15(24)10-16(9-14)23(4)11-17-21-18(22-27-17)13-7-8-28-12-13/h7-8,12,14-16H,5-6,9-11H2,1-4H3/t14-,15+,16?. The molecule has 152 valence electrons. The maximum Gasteiger partial charge on any atom is 0.410 e. The van der Waals surface area contributed by atoms with Crippen molar-refractivity contribution in [3.05, 3.63) is 22.7 Å². The van der Waals surface area contributed by atoms with Crippen molar-refractivity contribution < 1.29 is 14.1 Å². The van der Waals surface area contributed by atoms with Gasteiger partial charge in [0, 0.05) is 29.1 Å². The molecule has 28 heavy (non-hydrogen) atoms. The molecule has 4 rings (SSSR count). The summed E-state index contributed by atoms with van der Waals surface area (Å²) >= 11 is 1.62. The number of fused-ring (bicyclic) bond motifs is 2. The first-order valence-corrected chi connectivity index (χ1v) is 10.8. The van der Waals surface area contributed by atoms with E-state index in [0.29, 0.717) is 24.3 Å². The maximum absolute atomic E-state index is 12.6. The van der Waals surface area contributed by atoms with E-state index in [0.717, 1.165) is 31.2 Å². The molecule has 0 saturated carbocycles. The zero-order valence-corrected chi connectivity index (χ0v) is 17.7. The lowest BCUT2D eigenvalue weighted by Crippen LogP contribution is -2.52. The summed E-state index contributed by atoms with van der Waals surface area (Å²) in [4.78, 5) is 21.4. The van der Waals surface area contributed by atoms with Crippen molar-refractivity contribution in [1.82, 2.24) is 19.9 Å². The number of aromatic nitrogens is 2. The Morgan fingerprint density at radius 3 is 2.68 bits per heavy atom. The molecule has 1 amide bonds. The molecule has 2 aromatic heterocycles. The minimum atomic E-state index is -0.456. The van der Waals surface area contributed by atoms with Gasteiger partial charge >= 0.3 is 6.09 Å². The smallest absolute Gasteiger partial charge is 0.410 e. The number of ether oxygens (including phenoxy) is 1. The van der Waals surface area contributed by atoms with Crippen LogP contribution >= 0.6 is 11.3 Å². The van der Waals surface area contributed by atoms with Gasteiger partial charge in [0.15, 0.2) is 0 Å². The Morgan fingerprint density at radius 1 is 1.36 bits per heavy atom. The number of carbonyl (C=O) groups excluding carboxylic acids is 1. The fraction of sp³-hybridized carbons (Fsp3) is 0.650. The number of hydrogen-bond acceptors (Lipinski definition) is 7. The van der Waals surface area contributed by atoms with Crippen LogP contribution < -0.4 is 0 Å². The monoisotopic (exact) mass is 404 g/mol. The van der Waals surface area contributed by atoms with Gasteiger partial charge in [-0.25, -0.2) is 4.79 Å². The average molecular weight is 405 g/mol. The molecular formula is C20H28N4O3S. The summed E-state index contributed by atoms with van der Waals surface area (Å²) < 4.78 is 11.1. The van der Waals surface area contributed by atoms with Gasteiger partial charge < -0.3 is 14.2 Å². The second-order valence-corrected chi connectivity index (χ2v) is 9.62. The van der Waals surface area contributed by atoms with E-state index in [-0.39, 0.29) is 18.2 Å². The normalized spacial score (nSPS) is 24.8. The molecule has 2 aliphatic rings. The maximum atomic E-state index is 12.6. The summed E-state index contributed by atoms with van der Waals surface area (Å²) in [6, 6.07) is 2.90. The number of carbonyl (C=O) groups is 1. The Hall–Kier alpha value is -1.93. The highest BCUT2D eigenvalue weighted by Crippen LogP contribution is 2.38. The van der Waals surface area contributed by atoms with E-state index in [1.807, 2.05) is 42.5 Å². The summed E-state index contributed by atoms with van der Waals surface area (Å²) in [6.07, 6.45) is 3.85. The van der Waals surface area contributed by atoms with E-state index in [9.17, 15) is 4.79 Å². The first kappa shape index (κ1) is 19.4. The molecule has 2 fully saturated rings. The molecule has 2 bridgehead atoms. The predicted octanol–water partition coefficient (Wildman–Crippen LogP) is 4.16. The molecule has 3 atom stereocenters. The van der Waals surface area contributed by atoms with Crippen LogP contribution in [0.15, 0.2) is 21.3 Å². The average Bonchev–Trinajstić information content (AvgIpc) is 3.33. The zero-order chi connectivity index (χ0) is 19.9. The summed E-state index contributed by atoms with van der Waals surface area (Å²) in [7, 11) is 2.10. The van der Waals surface area contributed by atoms with Gasteiger partial charge in [0.25, 0.3) is 0 Å². The molecule has 2 aliphatic heterocycles. The summed E-state index contributed by atoms with van der Waals surface area (Å²) in [5, 5.41) is 8.11. The molecule has 0 spiro atoms. The third-order valence-electron chi connectivity index (χ3n) is 5.57. The van der Waals surface area contributed by atoms with Crippen LogP contribution in [0.2, 0.25) is 0 Å². The molecule has 7 nitrogen and oxygen atoms in total. The minimum absolute atomic E-state index is 0.168. The van der Waals surface area contributed by atoms with Crippen molar-refractivity contribution >= 4 is 17.4 Å². The second kappa shape index (κ2) is 7.48. The fourth-order valence-electron chi connectivity index (χ4n) is 4.29. The Balaban J connectivity index is 1.37. The van der Waals surface area contributed by atoms with Crippen LogP contribution in [0.4, 0.5) is 4.79 Å². The van der Waals surface area contributed by atoms with Crippen LogP contribution in [-0.4, -0.2) is 56.8 Å². The van der Waals surface area contributed by atoms with Crippen molar-refractivity contribution in [2.75, 3.05) is 7.05 Å². The molecule has 8 heteroatoms. The van der Waals surface area contributed by atoms with Crippen LogP contribution in [0.1, 0.15) is 52.3 Å². The highest BCUT2D eigenvalue weighted by atomic mass is 32.1. The van der Waals surface area contributed by atoms with E-state index in [1.165, 1.54) is 0 Å². The quantitative estimate of drug-likeness (QED) is 0.762. The summed E-state index contributed by atoms with van der Waals surface area (Å²) in [5.41, 5.74) is 0.536. The van der Waals surface area contributed by atoms with Gasteiger partial charge in [-0.3, -0.25) is 4.90 Å². The van der Waals surface area contributed by atoms with Crippen molar-refractivity contribution in [1.29, 1.82) is 0 Å². The summed E-state index contributed by atoms with van der Waals surface area (Å²) in [6.45, 7) is 6.37. The Labute approximate surface area is 169 Å². The van der Waals surface area contributed by atoms with E-state index in [4.69, 9.17) is 9.26 Å². The van der Waals surface area contributed by atoms with Gasteiger partial charge in [0.1, 0.15) is 5.60 Å². The first-order chi connectivity index (χ1) is 13.3. The number of hydrogen-bond donors (Lipinski definition) is 0. The van der Waals surface area contributed by atoms with Gasteiger partial charge in [-0.1, -0.05) is 5.16 Å². The van der Waals surface area contributed by atoms with Gasteiger partial charge in [-0.05, 0) is 64.9 Å². The van der Waals surface area contributed by atoms with Gasteiger partial charge in [0.05, 0.1) is 6.54 Å². The molecule has 0 aliphatic carbocycles. The van der Waals surface area contributed by atoms with Crippen molar-refractivity contribution in [3.8, 4) is 11.4 Å². The second-order valence-electron chi connectivity index (χ2n) is 8.84. The molecule has 0 radical (unpaired) electrons. The zero-order valence-electron chi connectivity index (χ0n) is 16.9. The van der Waals surface area contributed by atoms with Crippen LogP contribution in [0.25, 0.3) is 11.4 Å². The largest absolute Gasteiger partial charge is 0.444 e. The molecular weight excluding hydrogens is 376 g/mol. The molecule has 2 saturated heterocycles. The topological polar surface area (TPSA) is 71.7 Å². The third-order valence-corrected chi connectivity index (χ3v) is 6.25.